The minimum atomic E-state index is 0.164. The molecule has 1 aliphatic heterocycles. The number of fused-ring (bicyclic) bond motifs is 2. The molecule has 4 nitrogen and oxygen atoms in total. The van der Waals surface area contributed by atoms with Crippen LogP contribution in [0.5, 0.6) is 11.5 Å². The quantitative estimate of drug-likeness (QED) is 0.642. The maximum Gasteiger partial charge on any atom is 0.231 e. The number of carbonyl (C=O) groups is 1. The SMILES string of the molecule is O=C(/C=C/c1cc2cc3c(cc2nc1Cl)OCO3)C1CC1. The molecule has 0 radical (unpaired) electrons. The second-order valence-electron chi connectivity index (χ2n) is 5.28. The lowest BCUT2D eigenvalue weighted by Gasteiger charge is -2.04. The standard InChI is InChI=1S/C16H12ClNO3/c17-16-10(3-4-13(19)9-1-2-9)5-11-6-14-15(21-8-20-14)7-12(11)18-16/h3-7,9H,1-2,8H2/b4-3+. The van der Waals surface area contributed by atoms with Crippen molar-refractivity contribution in [3.63, 3.8) is 0 Å². The van der Waals surface area contributed by atoms with Crippen molar-refractivity contribution in [3.8, 4) is 11.5 Å². The number of rotatable bonds is 3. The number of pyridine rings is 1. The number of ketones is 1. The average molecular weight is 302 g/mol. The van der Waals surface area contributed by atoms with Crippen molar-refractivity contribution in [1.29, 1.82) is 0 Å². The summed E-state index contributed by atoms with van der Waals surface area (Å²) in [5.41, 5.74) is 1.48. The first-order chi connectivity index (χ1) is 10.2. The van der Waals surface area contributed by atoms with Crippen LogP contribution in [0, 0.1) is 5.92 Å². The molecule has 2 aromatic rings. The third-order valence-electron chi connectivity index (χ3n) is 3.70. The first kappa shape index (κ1) is 12.7. The van der Waals surface area contributed by atoms with Crippen molar-refractivity contribution in [2.75, 3.05) is 6.79 Å². The molecule has 1 aromatic carbocycles. The highest BCUT2D eigenvalue weighted by molar-refractivity contribution is 6.31. The highest BCUT2D eigenvalue weighted by Crippen LogP contribution is 2.36. The summed E-state index contributed by atoms with van der Waals surface area (Å²) in [6.07, 6.45) is 5.33. The van der Waals surface area contributed by atoms with E-state index in [1.807, 2.05) is 18.2 Å². The molecule has 0 saturated heterocycles. The molecule has 1 saturated carbocycles. The maximum atomic E-state index is 11.7. The molecule has 1 aliphatic carbocycles. The minimum Gasteiger partial charge on any atom is -0.454 e. The summed E-state index contributed by atoms with van der Waals surface area (Å²) in [6.45, 7) is 0.224. The first-order valence-corrected chi connectivity index (χ1v) is 7.20. The molecule has 0 unspecified atom stereocenters. The molecule has 0 N–H and O–H groups in total. The summed E-state index contributed by atoms with van der Waals surface area (Å²) in [7, 11) is 0. The van der Waals surface area contributed by atoms with E-state index in [1.165, 1.54) is 0 Å². The molecule has 2 aliphatic rings. The van der Waals surface area contributed by atoms with E-state index in [-0.39, 0.29) is 18.5 Å². The van der Waals surface area contributed by atoms with Crippen LogP contribution in [0.15, 0.2) is 24.3 Å². The van der Waals surface area contributed by atoms with Gasteiger partial charge in [-0.15, -0.1) is 0 Å². The summed E-state index contributed by atoms with van der Waals surface area (Å²) in [5, 5.41) is 1.28. The van der Waals surface area contributed by atoms with Gasteiger partial charge in [0.1, 0.15) is 5.15 Å². The summed E-state index contributed by atoms with van der Waals surface area (Å²) >= 11 is 6.19. The van der Waals surface area contributed by atoms with Gasteiger partial charge in [-0.3, -0.25) is 4.79 Å². The number of aromatic nitrogens is 1. The van der Waals surface area contributed by atoms with Gasteiger partial charge < -0.3 is 9.47 Å². The minimum absolute atomic E-state index is 0.164. The molecular formula is C16H12ClNO3. The van der Waals surface area contributed by atoms with Crippen LogP contribution in [0.1, 0.15) is 18.4 Å². The lowest BCUT2D eigenvalue weighted by molar-refractivity contribution is -0.115. The van der Waals surface area contributed by atoms with Crippen LogP contribution in [-0.2, 0) is 4.79 Å². The molecule has 1 fully saturated rings. The Bertz CT molecular complexity index is 781. The Kier molecular flexibility index (Phi) is 2.86. The monoisotopic (exact) mass is 301 g/mol. The highest BCUT2D eigenvalue weighted by atomic mass is 35.5. The van der Waals surface area contributed by atoms with E-state index in [1.54, 1.807) is 12.2 Å². The van der Waals surface area contributed by atoms with Gasteiger partial charge in [-0.05, 0) is 37.1 Å². The number of carbonyl (C=O) groups excluding carboxylic acids is 1. The Balaban J connectivity index is 1.73. The van der Waals surface area contributed by atoms with Crippen molar-refractivity contribution in [1.82, 2.24) is 4.98 Å². The molecule has 0 atom stereocenters. The van der Waals surface area contributed by atoms with Crippen LogP contribution in [0.2, 0.25) is 5.15 Å². The zero-order valence-electron chi connectivity index (χ0n) is 11.1. The van der Waals surface area contributed by atoms with E-state index in [4.69, 9.17) is 21.1 Å². The van der Waals surface area contributed by atoms with E-state index in [2.05, 4.69) is 4.98 Å². The largest absolute Gasteiger partial charge is 0.454 e. The molecule has 106 valence electrons. The number of benzene rings is 1. The predicted octanol–water partition coefficient (Wildman–Crippen LogP) is 3.61. The van der Waals surface area contributed by atoms with E-state index >= 15 is 0 Å². The molecule has 2 heterocycles. The molecule has 21 heavy (non-hydrogen) atoms. The van der Waals surface area contributed by atoms with Crippen molar-refractivity contribution < 1.29 is 14.3 Å². The van der Waals surface area contributed by atoms with Gasteiger partial charge in [0.05, 0.1) is 5.52 Å². The lowest BCUT2D eigenvalue weighted by Crippen LogP contribution is -1.94. The van der Waals surface area contributed by atoms with Gasteiger partial charge in [0, 0.05) is 22.9 Å². The lowest BCUT2D eigenvalue weighted by atomic mass is 10.1. The molecule has 5 heteroatoms. The zero-order chi connectivity index (χ0) is 14.4. The Morgan fingerprint density at radius 3 is 2.76 bits per heavy atom. The van der Waals surface area contributed by atoms with Gasteiger partial charge in [0.2, 0.25) is 6.79 Å². The van der Waals surface area contributed by atoms with Gasteiger partial charge in [0.25, 0.3) is 0 Å². The van der Waals surface area contributed by atoms with Crippen LogP contribution in [0.4, 0.5) is 0 Å². The third-order valence-corrected chi connectivity index (χ3v) is 4.00. The molecular weight excluding hydrogens is 290 g/mol. The van der Waals surface area contributed by atoms with E-state index in [0.29, 0.717) is 16.7 Å². The number of hydrogen-bond acceptors (Lipinski definition) is 4. The smallest absolute Gasteiger partial charge is 0.231 e. The second-order valence-corrected chi connectivity index (χ2v) is 5.63. The Hall–Kier alpha value is -2.07. The van der Waals surface area contributed by atoms with Crippen molar-refractivity contribution >= 4 is 34.4 Å². The molecule has 4 rings (SSSR count). The van der Waals surface area contributed by atoms with Gasteiger partial charge >= 0.3 is 0 Å². The summed E-state index contributed by atoms with van der Waals surface area (Å²) < 4.78 is 10.7. The van der Waals surface area contributed by atoms with Crippen LogP contribution >= 0.6 is 11.6 Å². The molecule has 0 spiro atoms. The molecule has 0 amide bonds. The van der Waals surface area contributed by atoms with Crippen molar-refractivity contribution in [2.24, 2.45) is 5.92 Å². The number of nitrogens with zero attached hydrogens (tertiary/aromatic N) is 1. The van der Waals surface area contributed by atoms with Crippen LogP contribution in [-0.4, -0.2) is 17.6 Å². The Morgan fingerprint density at radius 2 is 2.00 bits per heavy atom. The maximum absolute atomic E-state index is 11.7. The number of hydrogen-bond donors (Lipinski definition) is 0. The molecule has 1 aromatic heterocycles. The predicted molar refractivity (Wildman–Crippen MR) is 79.6 cm³/mol. The fraction of sp³-hybridized carbons (Fsp3) is 0.250. The third kappa shape index (κ3) is 2.36. The summed E-state index contributed by atoms with van der Waals surface area (Å²) in [4.78, 5) is 16.1. The van der Waals surface area contributed by atoms with Crippen molar-refractivity contribution in [3.05, 3.63) is 35.0 Å². The van der Waals surface area contributed by atoms with E-state index in [9.17, 15) is 4.79 Å². The number of halogens is 1. The van der Waals surface area contributed by atoms with Crippen LogP contribution in [0.3, 0.4) is 0 Å². The van der Waals surface area contributed by atoms with Gasteiger partial charge in [-0.2, -0.15) is 0 Å². The highest BCUT2D eigenvalue weighted by Gasteiger charge is 2.27. The van der Waals surface area contributed by atoms with Gasteiger partial charge in [0.15, 0.2) is 17.3 Å². The van der Waals surface area contributed by atoms with Crippen LogP contribution in [0.25, 0.3) is 17.0 Å². The van der Waals surface area contributed by atoms with Gasteiger partial charge in [-0.1, -0.05) is 11.6 Å². The first-order valence-electron chi connectivity index (χ1n) is 6.82. The zero-order valence-corrected chi connectivity index (χ0v) is 11.9. The van der Waals surface area contributed by atoms with E-state index < -0.39 is 0 Å². The van der Waals surface area contributed by atoms with Crippen LogP contribution < -0.4 is 9.47 Å². The van der Waals surface area contributed by atoms with Crippen molar-refractivity contribution in [2.45, 2.75) is 12.8 Å². The Labute approximate surface area is 126 Å². The fourth-order valence-corrected chi connectivity index (χ4v) is 2.56. The second kappa shape index (κ2) is 4.74. The fourth-order valence-electron chi connectivity index (χ4n) is 2.35. The Morgan fingerprint density at radius 1 is 1.24 bits per heavy atom. The average Bonchev–Trinajstić information content (AvgIpc) is 3.22. The van der Waals surface area contributed by atoms with Gasteiger partial charge in [-0.25, -0.2) is 4.98 Å². The summed E-state index contributed by atoms with van der Waals surface area (Å²) in [6, 6.07) is 5.59. The summed E-state index contributed by atoms with van der Waals surface area (Å²) in [5.74, 6) is 1.76. The van der Waals surface area contributed by atoms with E-state index in [0.717, 1.165) is 29.3 Å². The normalized spacial score (nSPS) is 16.8. The number of allylic oxidation sites excluding steroid dienone is 1. The number of ether oxygens (including phenoxy) is 2. The molecule has 0 bridgehead atoms. The topological polar surface area (TPSA) is 48.4 Å².